The Bertz CT molecular complexity index is 1530. The molecule has 2 heterocycles. The van der Waals surface area contributed by atoms with Gasteiger partial charge in [0.1, 0.15) is 5.82 Å². The molecular formula is C27H19N3. The molecule has 0 aliphatic rings. The number of aryl methyl sites for hydroxylation is 1. The Hall–Kier alpha value is -3.98. The molecule has 6 rings (SSSR count). The number of pyridine rings is 1. The Labute approximate surface area is 174 Å². The van der Waals surface area contributed by atoms with Crippen molar-refractivity contribution in [2.24, 2.45) is 0 Å². The fraction of sp³-hybridized carbons (Fsp3) is 0.0370. The van der Waals surface area contributed by atoms with Crippen LogP contribution in [0.2, 0.25) is 0 Å². The van der Waals surface area contributed by atoms with Crippen LogP contribution in [0.1, 0.15) is 5.56 Å². The lowest BCUT2D eigenvalue weighted by Gasteiger charge is -2.12. The summed E-state index contributed by atoms with van der Waals surface area (Å²) in [5, 5.41) is 4.67. The van der Waals surface area contributed by atoms with Gasteiger partial charge >= 0.3 is 0 Å². The van der Waals surface area contributed by atoms with Crippen LogP contribution in [0.15, 0.2) is 97.3 Å². The number of imidazole rings is 1. The molecule has 3 heteroatoms. The molecule has 0 aliphatic heterocycles. The van der Waals surface area contributed by atoms with Gasteiger partial charge in [0, 0.05) is 34.4 Å². The number of hydrogen-bond acceptors (Lipinski definition) is 2. The van der Waals surface area contributed by atoms with E-state index < -0.39 is 0 Å². The maximum absolute atomic E-state index is 5.20. The van der Waals surface area contributed by atoms with Crippen molar-refractivity contribution in [2.75, 3.05) is 0 Å². The van der Waals surface area contributed by atoms with Crippen molar-refractivity contribution in [2.45, 2.75) is 6.92 Å². The molecule has 0 bridgehead atoms. The van der Waals surface area contributed by atoms with E-state index in [-0.39, 0.29) is 0 Å². The van der Waals surface area contributed by atoms with E-state index in [9.17, 15) is 0 Å². The molecule has 0 atom stereocenters. The standard InChI is InChI=1S/C27H19N3/c1-18-11-13-20(14-12-18)30-26-24-17-28-16-15-22(24)21-9-5-6-10-23(21)25(26)29-27(30)19-7-3-2-4-8-19/h2-17H,1H3. The van der Waals surface area contributed by atoms with Gasteiger partial charge < -0.3 is 0 Å². The number of hydrogen-bond donors (Lipinski definition) is 0. The average molecular weight is 385 g/mol. The summed E-state index contributed by atoms with van der Waals surface area (Å²) < 4.78 is 2.28. The lowest BCUT2D eigenvalue weighted by atomic mass is 10.0. The zero-order valence-electron chi connectivity index (χ0n) is 16.6. The monoisotopic (exact) mass is 385 g/mol. The van der Waals surface area contributed by atoms with Gasteiger partial charge in [-0.3, -0.25) is 9.55 Å². The van der Waals surface area contributed by atoms with E-state index in [4.69, 9.17) is 4.98 Å². The third kappa shape index (κ3) is 2.45. The van der Waals surface area contributed by atoms with Crippen LogP contribution in [0.3, 0.4) is 0 Å². The Morgan fingerprint density at radius 3 is 2.17 bits per heavy atom. The molecule has 0 fully saturated rings. The molecule has 4 aromatic carbocycles. The predicted molar refractivity (Wildman–Crippen MR) is 124 cm³/mol. The second kappa shape index (κ2) is 6.53. The van der Waals surface area contributed by atoms with Crippen molar-refractivity contribution in [1.82, 2.24) is 14.5 Å². The van der Waals surface area contributed by atoms with Crippen molar-refractivity contribution in [3.05, 3.63) is 103 Å². The highest BCUT2D eigenvalue weighted by molar-refractivity contribution is 6.24. The van der Waals surface area contributed by atoms with E-state index in [0.717, 1.165) is 38.9 Å². The van der Waals surface area contributed by atoms with E-state index >= 15 is 0 Å². The molecule has 6 aromatic rings. The summed E-state index contributed by atoms with van der Waals surface area (Å²) >= 11 is 0. The SMILES string of the molecule is Cc1ccc(-n2c(-c3ccccc3)nc3c4ccccc4c4ccncc4c32)cc1. The van der Waals surface area contributed by atoms with Crippen LogP contribution in [0.4, 0.5) is 0 Å². The molecule has 0 aliphatic carbocycles. The van der Waals surface area contributed by atoms with Crippen molar-refractivity contribution in [1.29, 1.82) is 0 Å². The third-order valence-corrected chi connectivity index (χ3v) is 5.75. The smallest absolute Gasteiger partial charge is 0.145 e. The summed E-state index contributed by atoms with van der Waals surface area (Å²) in [4.78, 5) is 9.65. The second-order valence-electron chi connectivity index (χ2n) is 7.64. The summed E-state index contributed by atoms with van der Waals surface area (Å²) in [6.07, 6.45) is 3.83. The first-order valence-electron chi connectivity index (χ1n) is 10.1. The van der Waals surface area contributed by atoms with E-state index in [1.54, 1.807) is 0 Å². The molecule has 0 saturated heterocycles. The summed E-state index contributed by atoms with van der Waals surface area (Å²) in [6.45, 7) is 2.11. The van der Waals surface area contributed by atoms with Crippen LogP contribution in [0.25, 0.3) is 49.7 Å². The predicted octanol–water partition coefficient (Wildman–Crippen LogP) is 6.70. The summed E-state index contributed by atoms with van der Waals surface area (Å²) in [7, 11) is 0. The first-order valence-corrected chi connectivity index (χ1v) is 10.1. The fourth-order valence-corrected chi connectivity index (χ4v) is 4.33. The van der Waals surface area contributed by atoms with Crippen LogP contribution >= 0.6 is 0 Å². The van der Waals surface area contributed by atoms with Crippen molar-refractivity contribution in [3.63, 3.8) is 0 Å². The lowest BCUT2D eigenvalue weighted by molar-refractivity contribution is 1.10. The van der Waals surface area contributed by atoms with Gasteiger partial charge in [0.2, 0.25) is 0 Å². The molecule has 0 saturated carbocycles. The molecule has 142 valence electrons. The minimum atomic E-state index is 0.941. The van der Waals surface area contributed by atoms with Crippen LogP contribution in [0.5, 0.6) is 0 Å². The van der Waals surface area contributed by atoms with Gasteiger partial charge in [-0.25, -0.2) is 4.98 Å². The van der Waals surface area contributed by atoms with E-state index in [2.05, 4.69) is 95.3 Å². The van der Waals surface area contributed by atoms with Gasteiger partial charge in [0.05, 0.1) is 11.0 Å². The molecule has 0 N–H and O–H groups in total. The van der Waals surface area contributed by atoms with Crippen LogP contribution in [0, 0.1) is 6.92 Å². The maximum atomic E-state index is 5.20. The van der Waals surface area contributed by atoms with Gasteiger partial charge in [-0.1, -0.05) is 72.3 Å². The molecule has 0 spiro atoms. The third-order valence-electron chi connectivity index (χ3n) is 5.75. The number of aromatic nitrogens is 3. The topological polar surface area (TPSA) is 30.7 Å². The highest BCUT2D eigenvalue weighted by Crippen LogP contribution is 2.38. The quantitative estimate of drug-likeness (QED) is 0.310. The molecule has 3 nitrogen and oxygen atoms in total. The maximum Gasteiger partial charge on any atom is 0.145 e. The van der Waals surface area contributed by atoms with Gasteiger partial charge in [-0.2, -0.15) is 0 Å². The molecule has 2 aromatic heterocycles. The second-order valence-corrected chi connectivity index (χ2v) is 7.64. The van der Waals surface area contributed by atoms with Gasteiger partial charge in [-0.15, -0.1) is 0 Å². The van der Waals surface area contributed by atoms with Gasteiger partial charge in [0.15, 0.2) is 0 Å². The summed E-state index contributed by atoms with van der Waals surface area (Å²) in [5.74, 6) is 0.941. The van der Waals surface area contributed by atoms with Crippen molar-refractivity contribution >= 4 is 32.6 Å². The molecule has 0 radical (unpaired) electrons. The average Bonchev–Trinajstić information content (AvgIpc) is 3.21. The number of fused-ring (bicyclic) bond motifs is 6. The minimum Gasteiger partial charge on any atom is -0.292 e. The summed E-state index contributed by atoms with van der Waals surface area (Å²) in [6, 6.07) is 29.6. The first-order chi connectivity index (χ1) is 14.8. The zero-order chi connectivity index (χ0) is 20.1. The fourth-order valence-electron chi connectivity index (χ4n) is 4.33. The van der Waals surface area contributed by atoms with Crippen LogP contribution < -0.4 is 0 Å². The highest BCUT2D eigenvalue weighted by atomic mass is 15.1. The Balaban J connectivity index is 1.87. The lowest BCUT2D eigenvalue weighted by Crippen LogP contribution is -1.98. The zero-order valence-corrected chi connectivity index (χ0v) is 16.6. The molecule has 0 unspecified atom stereocenters. The first kappa shape index (κ1) is 16.9. The highest BCUT2D eigenvalue weighted by Gasteiger charge is 2.19. The van der Waals surface area contributed by atoms with Gasteiger partial charge in [-0.05, 0) is 35.9 Å². The molecule has 30 heavy (non-hydrogen) atoms. The molecule has 0 amide bonds. The number of rotatable bonds is 2. The Morgan fingerprint density at radius 1 is 0.667 bits per heavy atom. The van der Waals surface area contributed by atoms with E-state index in [1.165, 1.54) is 16.3 Å². The van der Waals surface area contributed by atoms with Gasteiger partial charge in [0.25, 0.3) is 0 Å². The van der Waals surface area contributed by atoms with E-state index in [0.29, 0.717) is 0 Å². The van der Waals surface area contributed by atoms with E-state index in [1.807, 2.05) is 18.5 Å². The van der Waals surface area contributed by atoms with Crippen molar-refractivity contribution in [3.8, 4) is 17.1 Å². The number of benzene rings is 4. The van der Waals surface area contributed by atoms with Crippen LogP contribution in [-0.2, 0) is 0 Å². The Kier molecular flexibility index (Phi) is 3.68. The molecular weight excluding hydrogens is 366 g/mol. The summed E-state index contributed by atoms with van der Waals surface area (Å²) in [5.41, 5.74) is 5.53. The normalized spacial score (nSPS) is 11.5. The number of nitrogens with zero attached hydrogens (tertiary/aromatic N) is 3. The Morgan fingerprint density at radius 2 is 1.37 bits per heavy atom. The van der Waals surface area contributed by atoms with Crippen molar-refractivity contribution < 1.29 is 0 Å². The largest absolute Gasteiger partial charge is 0.292 e. The van der Waals surface area contributed by atoms with Crippen LogP contribution in [-0.4, -0.2) is 14.5 Å². The minimum absolute atomic E-state index is 0.941.